The number of carbonyl (C=O) groups is 1. The quantitative estimate of drug-likeness (QED) is 0.468. The molecule has 4 rings (SSSR count). The molecule has 1 fully saturated rings. The molecule has 0 saturated carbocycles. The molecule has 1 aliphatic rings. The van der Waals surface area contributed by atoms with Crippen molar-refractivity contribution in [2.45, 2.75) is 59.2 Å². The van der Waals surface area contributed by atoms with Crippen LogP contribution < -0.4 is 9.64 Å². The summed E-state index contributed by atoms with van der Waals surface area (Å²) in [7, 11) is 0. The lowest BCUT2D eigenvalue weighted by Gasteiger charge is -2.26. The number of rotatable bonds is 8. The van der Waals surface area contributed by atoms with Crippen LogP contribution in [-0.2, 0) is 17.9 Å². The SMILES string of the molecule is Cc1ccc(OC(C)C(=O)N(Cc2ccco2)Cc2ccc(N3CCCCC3)o2)cc1C. The van der Waals surface area contributed by atoms with Crippen molar-refractivity contribution in [1.29, 1.82) is 0 Å². The van der Waals surface area contributed by atoms with Crippen LogP contribution in [0.4, 0.5) is 5.88 Å². The molecule has 0 radical (unpaired) electrons. The summed E-state index contributed by atoms with van der Waals surface area (Å²) in [4.78, 5) is 17.3. The zero-order valence-electron chi connectivity index (χ0n) is 19.2. The van der Waals surface area contributed by atoms with E-state index in [4.69, 9.17) is 13.6 Å². The Morgan fingerprint density at radius 2 is 1.81 bits per heavy atom. The molecule has 0 N–H and O–H groups in total. The first-order chi connectivity index (χ1) is 15.5. The third-order valence-electron chi connectivity index (χ3n) is 6.04. The average molecular weight is 437 g/mol. The normalized spacial score (nSPS) is 14.9. The van der Waals surface area contributed by atoms with Gasteiger partial charge < -0.3 is 23.4 Å². The number of aryl methyl sites for hydroxylation is 2. The molecule has 1 aliphatic heterocycles. The summed E-state index contributed by atoms with van der Waals surface area (Å²) in [6.07, 6.45) is 4.63. The Morgan fingerprint density at radius 1 is 1.03 bits per heavy atom. The Morgan fingerprint density at radius 3 is 2.53 bits per heavy atom. The van der Waals surface area contributed by atoms with Gasteiger partial charge in [-0.25, -0.2) is 0 Å². The summed E-state index contributed by atoms with van der Waals surface area (Å²) < 4.78 is 17.6. The highest BCUT2D eigenvalue weighted by Crippen LogP contribution is 2.25. The molecule has 0 aliphatic carbocycles. The van der Waals surface area contributed by atoms with Crippen LogP contribution in [0, 0.1) is 13.8 Å². The molecule has 1 atom stereocenters. The summed E-state index contributed by atoms with van der Waals surface area (Å²) in [5, 5.41) is 0. The van der Waals surface area contributed by atoms with Crippen molar-refractivity contribution < 1.29 is 18.4 Å². The molecule has 1 unspecified atom stereocenters. The number of carbonyl (C=O) groups excluding carboxylic acids is 1. The van der Waals surface area contributed by atoms with Crippen LogP contribution >= 0.6 is 0 Å². The van der Waals surface area contributed by atoms with Crippen molar-refractivity contribution >= 4 is 11.8 Å². The first kappa shape index (κ1) is 22.1. The van der Waals surface area contributed by atoms with E-state index in [1.807, 2.05) is 49.4 Å². The fourth-order valence-electron chi connectivity index (χ4n) is 4.03. The highest BCUT2D eigenvalue weighted by molar-refractivity contribution is 5.80. The first-order valence-electron chi connectivity index (χ1n) is 11.4. The van der Waals surface area contributed by atoms with E-state index in [2.05, 4.69) is 11.8 Å². The van der Waals surface area contributed by atoms with Crippen molar-refractivity contribution in [2.24, 2.45) is 0 Å². The molecule has 32 heavy (non-hydrogen) atoms. The van der Waals surface area contributed by atoms with Crippen LogP contribution in [0.1, 0.15) is 48.8 Å². The van der Waals surface area contributed by atoms with E-state index in [0.717, 1.165) is 36.1 Å². The minimum Gasteiger partial charge on any atom is -0.481 e. The number of piperidine rings is 1. The molecular formula is C26H32N2O4. The molecule has 3 aromatic rings. The number of hydrogen-bond acceptors (Lipinski definition) is 5. The lowest BCUT2D eigenvalue weighted by atomic mass is 10.1. The van der Waals surface area contributed by atoms with Gasteiger partial charge in [0, 0.05) is 19.2 Å². The third kappa shape index (κ3) is 5.36. The van der Waals surface area contributed by atoms with Gasteiger partial charge in [0.05, 0.1) is 19.4 Å². The van der Waals surface area contributed by atoms with Gasteiger partial charge >= 0.3 is 0 Å². The van der Waals surface area contributed by atoms with Gasteiger partial charge in [0.1, 0.15) is 17.3 Å². The van der Waals surface area contributed by atoms with Crippen LogP contribution in [0.25, 0.3) is 0 Å². The Balaban J connectivity index is 1.47. The molecule has 6 heteroatoms. The number of nitrogens with zero attached hydrogens (tertiary/aromatic N) is 2. The second kappa shape index (κ2) is 9.98. The van der Waals surface area contributed by atoms with Crippen molar-refractivity contribution in [1.82, 2.24) is 4.90 Å². The lowest BCUT2D eigenvalue weighted by Crippen LogP contribution is -2.39. The van der Waals surface area contributed by atoms with Crippen LogP contribution in [-0.4, -0.2) is 30.0 Å². The maximum absolute atomic E-state index is 13.3. The van der Waals surface area contributed by atoms with E-state index in [1.54, 1.807) is 18.1 Å². The monoisotopic (exact) mass is 436 g/mol. The van der Waals surface area contributed by atoms with Crippen LogP contribution in [0.15, 0.2) is 57.6 Å². The number of furan rings is 2. The number of anilines is 1. The molecule has 1 saturated heterocycles. The zero-order chi connectivity index (χ0) is 22.5. The fraction of sp³-hybridized carbons (Fsp3) is 0.423. The van der Waals surface area contributed by atoms with Gasteiger partial charge in [-0.2, -0.15) is 0 Å². The molecule has 0 bridgehead atoms. The summed E-state index contributed by atoms with van der Waals surface area (Å²) in [6.45, 7) is 8.62. The van der Waals surface area contributed by atoms with Crippen LogP contribution in [0.3, 0.4) is 0 Å². The van der Waals surface area contributed by atoms with E-state index >= 15 is 0 Å². The fourth-order valence-corrected chi connectivity index (χ4v) is 4.03. The summed E-state index contributed by atoms with van der Waals surface area (Å²) in [5.41, 5.74) is 2.33. The summed E-state index contributed by atoms with van der Waals surface area (Å²) in [6, 6.07) is 13.5. The van der Waals surface area contributed by atoms with Gasteiger partial charge in [-0.1, -0.05) is 6.07 Å². The van der Waals surface area contributed by atoms with E-state index in [1.165, 1.54) is 24.8 Å². The topological polar surface area (TPSA) is 59.1 Å². The maximum atomic E-state index is 13.3. The van der Waals surface area contributed by atoms with Crippen LogP contribution in [0.2, 0.25) is 0 Å². The van der Waals surface area contributed by atoms with Gasteiger partial charge in [-0.05, 0) is 81.5 Å². The van der Waals surface area contributed by atoms with Crippen molar-refractivity contribution in [3.05, 3.63) is 71.4 Å². The first-order valence-corrected chi connectivity index (χ1v) is 11.4. The van der Waals surface area contributed by atoms with E-state index in [-0.39, 0.29) is 5.91 Å². The Kier molecular flexibility index (Phi) is 6.88. The van der Waals surface area contributed by atoms with Gasteiger partial charge in [0.25, 0.3) is 5.91 Å². The minimum atomic E-state index is -0.636. The Hall–Kier alpha value is -3.15. The Bertz CT molecular complexity index is 1020. The molecular weight excluding hydrogens is 404 g/mol. The molecule has 170 valence electrons. The molecule has 3 heterocycles. The van der Waals surface area contributed by atoms with Gasteiger partial charge in [0.2, 0.25) is 0 Å². The number of amides is 1. The lowest BCUT2D eigenvalue weighted by molar-refractivity contribution is -0.139. The zero-order valence-corrected chi connectivity index (χ0v) is 19.2. The number of benzene rings is 1. The van der Waals surface area contributed by atoms with E-state index < -0.39 is 6.10 Å². The van der Waals surface area contributed by atoms with Gasteiger partial charge in [-0.15, -0.1) is 0 Å². The van der Waals surface area contributed by atoms with Gasteiger partial charge in [-0.3, -0.25) is 4.79 Å². The second-order valence-corrected chi connectivity index (χ2v) is 8.57. The smallest absolute Gasteiger partial charge is 0.264 e. The number of ether oxygens (including phenoxy) is 1. The van der Waals surface area contributed by atoms with E-state index in [0.29, 0.717) is 18.8 Å². The van der Waals surface area contributed by atoms with Crippen molar-refractivity contribution in [3.63, 3.8) is 0 Å². The predicted octanol–water partition coefficient (Wildman–Crippen LogP) is 5.48. The largest absolute Gasteiger partial charge is 0.481 e. The van der Waals surface area contributed by atoms with Crippen LogP contribution in [0.5, 0.6) is 5.75 Å². The predicted molar refractivity (Wildman–Crippen MR) is 124 cm³/mol. The molecule has 1 aromatic carbocycles. The highest BCUT2D eigenvalue weighted by atomic mass is 16.5. The molecule has 6 nitrogen and oxygen atoms in total. The standard InChI is InChI=1S/C26H32N2O4/c1-19-9-10-22(16-20(19)2)31-21(3)26(29)28(17-23-8-7-15-30-23)18-24-11-12-25(32-24)27-13-5-4-6-14-27/h7-12,15-16,21H,4-6,13-14,17-18H2,1-3H3. The minimum absolute atomic E-state index is 0.115. The molecule has 2 aromatic heterocycles. The summed E-state index contributed by atoms with van der Waals surface area (Å²) in [5.74, 6) is 2.93. The van der Waals surface area contributed by atoms with Crippen molar-refractivity contribution in [2.75, 3.05) is 18.0 Å². The number of hydrogen-bond donors (Lipinski definition) is 0. The third-order valence-corrected chi connectivity index (χ3v) is 6.04. The average Bonchev–Trinajstić information content (AvgIpc) is 3.48. The Labute approximate surface area is 189 Å². The molecule has 0 spiro atoms. The summed E-state index contributed by atoms with van der Waals surface area (Å²) >= 11 is 0. The second-order valence-electron chi connectivity index (χ2n) is 8.57. The highest BCUT2D eigenvalue weighted by Gasteiger charge is 2.25. The van der Waals surface area contributed by atoms with Gasteiger partial charge in [0.15, 0.2) is 12.0 Å². The van der Waals surface area contributed by atoms with Crippen molar-refractivity contribution in [3.8, 4) is 5.75 Å². The van der Waals surface area contributed by atoms with E-state index in [9.17, 15) is 4.79 Å². The maximum Gasteiger partial charge on any atom is 0.264 e. The molecule has 1 amide bonds.